The Morgan fingerprint density at radius 1 is 1.39 bits per heavy atom. The molecule has 3 rings (SSSR count). The molecule has 0 amide bonds. The minimum Gasteiger partial charge on any atom is -0.476 e. The summed E-state index contributed by atoms with van der Waals surface area (Å²) < 4.78 is 31.1. The van der Waals surface area contributed by atoms with Crippen molar-refractivity contribution >= 4 is 27.4 Å². The average molecular weight is 357 g/mol. The van der Waals surface area contributed by atoms with Gasteiger partial charge in [0.15, 0.2) is 15.5 Å². The first-order valence-corrected chi connectivity index (χ1v) is 8.62. The standard InChI is InChI=1S/C14H13ClN2O5S/c1-17-12(5-11(16-17)14(18)19)8-2-3-13(10(15)4-8)23(20,21)9-6-22-7-9/h2-5,9H,6-7H2,1H3,(H,18,19). The number of aromatic carboxylic acids is 1. The smallest absolute Gasteiger partial charge is 0.356 e. The van der Waals surface area contributed by atoms with Crippen LogP contribution in [0.2, 0.25) is 5.02 Å². The molecule has 2 heterocycles. The van der Waals surface area contributed by atoms with Crippen LogP contribution in [0.15, 0.2) is 29.2 Å². The molecule has 0 radical (unpaired) electrons. The van der Waals surface area contributed by atoms with Gasteiger partial charge < -0.3 is 9.84 Å². The van der Waals surface area contributed by atoms with Crippen molar-refractivity contribution < 1.29 is 23.1 Å². The van der Waals surface area contributed by atoms with Crippen LogP contribution in [0.4, 0.5) is 0 Å². The number of ether oxygens (including phenoxy) is 1. The van der Waals surface area contributed by atoms with Gasteiger partial charge in [-0.2, -0.15) is 5.10 Å². The second-order valence-corrected chi connectivity index (χ2v) is 7.80. The second kappa shape index (κ2) is 5.63. The lowest BCUT2D eigenvalue weighted by molar-refractivity contribution is 0.0416. The van der Waals surface area contributed by atoms with Gasteiger partial charge in [-0.05, 0) is 18.2 Å². The largest absolute Gasteiger partial charge is 0.476 e. The van der Waals surface area contributed by atoms with Crippen molar-refractivity contribution in [3.8, 4) is 11.3 Å². The molecule has 1 saturated heterocycles. The van der Waals surface area contributed by atoms with E-state index in [0.29, 0.717) is 11.3 Å². The lowest BCUT2D eigenvalue weighted by atomic mass is 10.1. The Hall–Kier alpha value is -1.90. The van der Waals surface area contributed by atoms with Gasteiger partial charge in [-0.15, -0.1) is 0 Å². The molecule has 1 aliphatic heterocycles. The number of sulfone groups is 1. The Kier molecular flexibility index (Phi) is 3.91. The van der Waals surface area contributed by atoms with Gasteiger partial charge in [0.1, 0.15) is 5.25 Å². The number of nitrogens with zero attached hydrogens (tertiary/aromatic N) is 2. The predicted octanol–water partition coefficient (Wildman–Crippen LogP) is 1.61. The number of carbonyl (C=O) groups is 1. The van der Waals surface area contributed by atoms with Crippen molar-refractivity contribution in [3.05, 3.63) is 35.0 Å². The van der Waals surface area contributed by atoms with Gasteiger partial charge in [0.05, 0.1) is 28.8 Å². The van der Waals surface area contributed by atoms with E-state index >= 15 is 0 Å². The van der Waals surface area contributed by atoms with Crippen molar-refractivity contribution in [2.24, 2.45) is 7.05 Å². The number of aromatic nitrogens is 2. The number of hydrogen-bond donors (Lipinski definition) is 1. The quantitative estimate of drug-likeness (QED) is 0.893. The SMILES string of the molecule is Cn1nc(C(=O)O)cc1-c1ccc(S(=O)(=O)C2COC2)c(Cl)c1. The monoisotopic (exact) mass is 356 g/mol. The lowest BCUT2D eigenvalue weighted by Gasteiger charge is -2.26. The average Bonchev–Trinajstić information content (AvgIpc) is 2.78. The van der Waals surface area contributed by atoms with Gasteiger partial charge in [0.2, 0.25) is 0 Å². The fourth-order valence-electron chi connectivity index (χ4n) is 2.31. The maximum atomic E-state index is 12.4. The zero-order chi connectivity index (χ0) is 16.8. The van der Waals surface area contributed by atoms with E-state index in [1.165, 1.54) is 22.9 Å². The molecule has 2 aromatic rings. The second-order valence-electron chi connectivity index (χ2n) is 5.19. The van der Waals surface area contributed by atoms with E-state index in [1.807, 2.05) is 0 Å². The molecular weight excluding hydrogens is 344 g/mol. The van der Waals surface area contributed by atoms with Crippen LogP contribution in [-0.4, -0.2) is 47.7 Å². The van der Waals surface area contributed by atoms with Crippen LogP contribution in [0.3, 0.4) is 0 Å². The molecule has 0 saturated carbocycles. The third-order valence-corrected chi connectivity index (χ3v) is 6.22. The normalized spacial score (nSPS) is 15.4. The van der Waals surface area contributed by atoms with Gasteiger partial charge >= 0.3 is 5.97 Å². The first-order chi connectivity index (χ1) is 10.8. The highest BCUT2D eigenvalue weighted by molar-refractivity contribution is 7.92. The van der Waals surface area contributed by atoms with E-state index in [2.05, 4.69) is 5.10 Å². The molecule has 0 unspecified atom stereocenters. The summed E-state index contributed by atoms with van der Waals surface area (Å²) >= 11 is 6.14. The summed E-state index contributed by atoms with van der Waals surface area (Å²) in [4.78, 5) is 11.0. The molecule has 9 heteroatoms. The number of benzene rings is 1. The Morgan fingerprint density at radius 3 is 2.57 bits per heavy atom. The molecule has 7 nitrogen and oxygen atoms in total. The number of aryl methyl sites for hydroxylation is 1. The highest BCUT2D eigenvalue weighted by Gasteiger charge is 2.35. The first kappa shape index (κ1) is 16.0. The molecule has 1 N–H and O–H groups in total. The number of hydrogen-bond acceptors (Lipinski definition) is 5. The number of carboxylic acid groups (broad SMARTS) is 1. The molecule has 0 spiro atoms. The zero-order valence-corrected chi connectivity index (χ0v) is 13.6. The van der Waals surface area contributed by atoms with E-state index in [4.69, 9.17) is 21.4 Å². The zero-order valence-electron chi connectivity index (χ0n) is 12.1. The topological polar surface area (TPSA) is 98.5 Å². The summed E-state index contributed by atoms with van der Waals surface area (Å²) in [7, 11) is -1.92. The molecule has 1 fully saturated rings. The van der Waals surface area contributed by atoms with Crippen molar-refractivity contribution in [2.45, 2.75) is 10.1 Å². The van der Waals surface area contributed by atoms with Crippen LogP contribution in [0.1, 0.15) is 10.5 Å². The summed E-state index contributed by atoms with van der Waals surface area (Å²) in [6, 6.07) is 5.91. The molecular formula is C14H13ClN2O5S. The third-order valence-electron chi connectivity index (χ3n) is 3.68. The van der Waals surface area contributed by atoms with Crippen LogP contribution >= 0.6 is 11.6 Å². The van der Waals surface area contributed by atoms with Gasteiger partial charge in [-0.3, -0.25) is 4.68 Å². The fraction of sp³-hybridized carbons (Fsp3) is 0.286. The van der Waals surface area contributed by atoms with E-state index in [0.717, 1.165) is 0 Å². The molecule has 122 valence electrons. The maximum absolute atomic E-state index is 12.4. The minimum absolute atomic E-state index is 0.0526. The van der Waals surface area contributed by atoms with E-state index in [1.54, 1.807) is 13.1 Å². The first-order valence-electron chi connectivity index (χ1n) is 6.69. The van der Waals surface area contributed by atoms with Crippen molar-refractivity contribution in [1.82, 2.24) is 9.78 Å². The Morgan fingerprint density at radius 2 is 2.09 bits per heavy atom. The fourth-order valence-corrected chi connectivity index (χ4v) is 4.31. The number of halogens is 1. The predicted molar refractivity (Wildman–Crippen MR) is 82.4 cm³/mol. The summed E-state index contributed by atoms with van der Waals surface area (Å²) in [5.74, 6) is -1.14. The van der Waals surface area contributed by atoms with Crippen molar-refractivity contribution in [1.29, 1.82) is 0 Å². The van der Waals surface area contributed by atoms with Crippen LogP contribution in [0.25, 0.3) is 11.3 Å². The van der Waals surface area contributed by atoms with Gasteiger partial charge in [-0.25, -0.2) is 13.2 Å². The number of carboxylic acids is 1. The molecule has 23 heavy (non-hydrogen) atoms. The lowest BCUT2D eigenvalue weighted by Crippen LogP contribution is -2.40. The summed E-state index contributed by atoms with van der Waals surface area (Å²) in [6.07, 6.45) is 0. The van der Waals surface area contributed by atoms with Crippen molar-refractivity contribution in [2.75, 3.05) is 13.2 Å². The van der Waals surface area contributed by atoms with Gasteiger partial charge in [0, 0.05) is 12.6 Å². The minimum atomic E-state index is -3.52. The Bertz CT molecular complexity index is 887. The summed E-state index contributed by atoms with van der Waals surface area (Å²) in [6.45, 7) is 0.341. The summed E-state index contributed by atoms with van der Waals surface area (Å²) in [5.41, 5.74) is 1.02. The Balaban J connectivity index is 2.01. The highest BCUT2D eigenvalue weighted by atomic mass is 35.5. The van der Waals surface area contributed by atoms with E-state index in [9.17, 15) is 13.2 Å². The van der Waals surface area contributed by atoms with Crippen LogP contribution in [-0.2, 0) is 21.6 Å². The third kappa shape index (κ3) is 2.73. The van der Waals surface area contributed by atoms with E-state index < -0.39 is 21.1 Å². The Labute approximate surface area is 137 Å². The molecule has 1 aliphatic rings. The van der Waals surface area contributed by atoms with Crippen LogP contribution in [0.5, 0.6) is 0 Å². The molecule has 0 aliphatic carbocycles. The van der Waals surface area contributed by atoms with Crippen LogP contribution < -0.4 is 0 Å². The number of rotatable bonds is 4. The molecule has 1 aromatic carbocycles. The molecule has 0 bridgehead atoms. The van der Waals surface area contributed by atoms with Crippen molar-refractivity contribution in [3.63, 3.8) is 0 Å². The maximum Gasteiger partial charge on any atom is 0.356 e. The molecule has 0 atom stereocenters. The van der Waals surface area contributed by atoms with Crippen LogP contribution in [0, 0.1) is 0 Å². The molecule has 1 aromatic heterocycles. The summed E-state index contributed by atoms with van der Waals surface area (Å²) in [5, 5.41) is 12.4. The highest BCUT2D eigenvalue weighted by Crippen LogP contribution is 2.32. The van der Waals surface area contributed by atoms with Gasteiger partial charge in [-0.1, -0.05) is 17.7 Å². The van der Waals surface area contributed by atoms with Gasteiger partial charge in [0.25, 0.3) is 0 Å². The van der Waals surface area contributed by atoms with E-state index in [-0.39, 0.29) is 28.8 Å².